The van der Waals surface area contributed by atoms with Crippen LogP contribution in [0.15, 0.2) is 22.6 Å². The summed E-state index contributed by atoms with van der Waals surface area (Å²) in [5, 5.41) is 6.97. The third kappa shape index (κ3) is 2.34. The number of rotatable bonds is 3. The van der Waals surface area contributed by atoms with Crippen molar-refractivity contribution in [3.05, 3.63) is 47.2 Å². The van der Waals surface area contributed by atoms with Crippen LogP contribution in [0, 0.1) is 11.6 Å². The zero-order valence-corrected chi connectivity index (χ0v) is 9.31. The van der Waals surface area contributed by atoms with Crippen molar-refractivity contribution < 1.29 is 22.7 Å². The number of hydrogen-bond acceptors (Lipinski definition) is 5. The van der Waals surface area contributed by atoms with Crippen LogP contribution in [0.3, 0.4) is 0 Å². The zero-order valence-electron chi connectivity index (χ0n) is 9.31. The van der Waals surface area contributed by atoms with Crippen molar-refractivity contribution in [3.8, 4) is 0 Å². The Labute approximate surface area is 100 Å². The van der Waals surface area contributed by atoms with Gasteiger partial charge in [-0.15, -0.1) is 10.2 Å². The number of esters is 1. The van der Waals surface area contributed by atoms with E-state index >= 15 is 0 Å². The van der Waals surface area contributed by atoms with Crippen molar-refractivity contribution in [1.29, 1.82) is 0 Å². The van der Waals surface area contributed by atoms with Crippen molar-refractivity contribution >= 4 is 5.97 Å². The molecular formula is C11H8F2N2O3. The lowest BCUT2D eigenvalue weighted by molar-refractivity contribution is 0.0554. The summed E-state index contributed by atoms with van der Waals surface area (Å²) in [6.45, 7) is 0. The highest BCUT2D eigenvalue weighted by molar-refractivity contribution is 5.83. The summed E-state index contributed by atoms with van der Waals surface area (Å²) in [6.07, 6.45) is -0.104. The number of aromatic nitrogens is 2. The fraction of sp³-hybridized carbons (Fsp3) is 0.182. The fourth-order valence-corrected chi connectivity index (χ4v) is 1.34. The lowest BCUT2D eigenvalue weighted by Gasteiger charge is -1.99. The Kier molecular flexibility index (Phi) is 3.31. The number of carbonyl (C=O) groups is 1. The van der Waals surface area contributed by atoms with E-state index in [0.717, 1.165) is 6.07 Å². The van der Waals surface area contributed by atoms with Crippen LogP contribution in [0.5, 0.6) is 0 Å². The molecule has 1 aromatic heterocycles. The second-order valence-electron chi connectivity index (χ2n) is 3.38. The minimum atomic E-state index is -0.977. The standard InChI is InChI=1S/C11H8F2N2O3/c1-17-11(16)10-15-14-8(18-10)5-6-3-2-4-7(12)9(6)13/h2-4H,5H2,1H3. The fourth-order valence-electron chi connectivity index (χ4n) is 1.34. The van der Waals surface area contributed by atoms with Gasteiger partial charge in [0.05, 0.1) is 13.5 Å². The Hall–Kier alpha value is -2.31. The van der Waals surface area contributed by atoms with Crippen molar-refractivity contribution in [3.63, 3.8) is 0 Å². The van der Waals surface area contributed by atoms with E-state index in [1.54, 1.807) is 0 Å². The highest BCUT2D eigenvalue weighted by atomic mass is 19.2. The maximum Gasteiger partial charge on any atom is 0.396 e. The maximum atomic E-state index is 13.4. The number of hydrogen-bond donors (Lipinski definition) is 0. The average Bonchev–Trinajstić information content (AvgIpc) is 2.82. The lowest BCUT2D eigenvalue weighted by Crippen LogP contribution is -2.00. The van der Waals surface area contributed by atoms with Gasteiger partial charge in [0.15, 0.2) is 11.6 Å². The molecule has 0 saturated heterocycles. The van der Waals surface area contributed by atoms with Crippen LogP contribution in [-0.4, -0.2) is 23.3 Å². The molecule has 0 amide bonds. The van der Waals surface area contributed by atoms with Crippen LogP contribution in [0.25, 0.3) is 0 Å². The summed E-state index contributed by atoms with van der Waals surface area (Å²) in [5.41, 5.74) is 0.0649. The first-order valence-electron chi connectivity index (χ1n) is 4.95. The molecule has 1 aromatic carbocycles. The summed E-state index contributed by atoms with van der Waals surface area (Å²) in [5.74, 6) is -3.05. The SMILES string of the molecule is COC(=O)c1nnc(Cc2cccc(F)c2F)o1. The Morgan fingerprint density at radius 3 is 2.89 bits per heavy atom. The van der Waals surface area contributed by atoms with E-state index in [0.29, 0.717) is 0 Å². The van der Waals surface area contributed by atoms with Crippen LogP contribution in [0.4, 0.5) is 8.78 Å². The van der Waals surface area contributed by atoms with Gasteiger partial charge in [-0.05, 0) is 6.07 Å². The van der Waals surface area contributed by atoms with Crippen LogP contribution >= 0.6 is 0 Å². The highest BCUT2D eigenvalue weighted by Gasteiger charge is 2.17. The Morgan fingerprint density at radius 1 is 1.39 bits per heavy atom. The summed E-state index contributed by atoms with van der Waals surface area (Å²) in [4.78, 5) is 11.0. The van der Waals surface area contributed by atoms with Crippen LogP contribution in [0.1, 0.15) is 22.1 Å². The van der Waals surface area contributed by atoms with Crippen LogP contribution in [0.2, 0.25) is 0 Å². The second kappa shape index (κ2) is 4.91. The molecule has 0 fully saturated rings. The first-order valence-corrected chi connectivity index (χ1v) is 4.95. The third-order valence-electron chi connectivity index (χ3n) is 2.20. The molecule has 1 heterocycles. The molecule has 0 bridgehead atoms. The Morgan fingerprint density at radius 2 is 2.17 bits per heavy atom. The Bertz CT molecular complexity index is 583. The molecular weight excluding hydrogens is 246 g/mol. The summed E-state index contributed by atoms with van der Waals surface area (Å²) in [7, 11) is 1.17. The molecule has 0 radical (unpaired) electrons. The minimum Gasteiger partial charge on any atom is -0.462 e. The lowest BCUT2D eigenvalue weighted by atomic mass is 10.1. The molecule has 94 valence electrons. The predicted molar refractivity (Wildman–Crippen MR) is 54.8 cm³/mol. The van der Waals surface area contributed by atoms with Gasteiger partial charge >= 0.3 is 11.9 Å². The largest absolute Gasteiger partial charge is 0.462 e. The summed E-state index contributed by atoms with van der Waals surface area (Å²) in [6, 6.07) is 3.76. The smallest absolute Gasteiger partial charge is 0.396 e. The molecule has 18 heavy (non-hydrogen) atoms. The quantitative estimate of drug-likeness (QED) is 0.780. The zero-order chi connectivity index (χ0) is 13.1. The Balaban J connectivity index is 2.21. The highest BCUT2D eigenvalue weighted by Crippen LogP contribution is 2.15. The van der Waals surface area contributed by atoms with Gasteiger partial charge in [-0.2, -0.15) is 0 Å². The number of ether oxygens (including phenoxy) is 1. The molecule has 7 heteroatoms. The maximum absolute atomic E-state index is 13.4. The molecule has 0 N–H and O–H groups in total. The van der Waals surface area contributed by atoms with Crippen molar-refractivity contribution in [2.24, 2.45) is 0 Å². The molecule has 2 aromatic rings. The molecule has 2 rings (SSSR count). The van der Waals surface area contributed by atoms with E-state index in [4.69, 9.17) is 4.42 Å². The molecule has 0 aliphatic heterocycles. The third-order valence-corrected chi connectivity index (χ3v) is 2.20. The number of carbonyl (C=O) groups excluding carboxylic acids is 1. The second-order valence-corrected chi connectivity index (χ2v) is 3.38. The van der Waals surface area contributed by atoms with E-state index in [2.05, 4.69) is 14.9 Å². The normalized spacial score (nSPS) is 10.4. The van der Waals surface area contributed by atoms with Crippen molar-refractivity contribution in [1.82, 2.24) is 10.2 Å². The number of benzene rings is 1. The van der Waals surface area contributed by atoms with Gasteiger partial charge in [-0.1, -0.05) is 12.1 Å². The molecule has 0 aliphatic rings. The number of methoxy groups -OCH3 is 1. The van der Waals surface area contributed by atoms with Gasteiger partial charge in [0.25, 0.3) is 0 Å². The molecule has 5 nitrogen and oxygen atoms in total. The first-order chi connectivity index (χ1) is 8.61. The monoisotopic (exact) mass is 254 g/mol. The van der Waals surface area contributed by atoms with Crippen LogP contribution in [-0.2, 0) is 11.2 Å². The van der Waals surface area contributed by atoms with Crippen molar-refractivity contribution in [2.45, 2.75) is 6.42 Å². The molecule has 0 aliphatic carbocycles. The number of nitrogens with zero attached hydrogens (tertiary/aromatic N) is 2. The van der Waals surface area contributed by atoms with Gasteiger partial charge < -0.3 is 9.15 Å². The predicted octanol–water partition coefficient (Wildman–Crippen LogP) is 1.73. The molecule has 0 atom stereocenters. The topological polar surface area (TPSA) is 65.2 Å². The minimum absolute atomic E-state index is 0.0000926. The van der Waals surface area contributed by atoms with Gasteiger partial charge in [0.2, 0.25) is 5.89 Å². The van der Waals surface area contributed by atoms with Gasteiger partial charge in [-0.3, -0.25) is 0 Å². The molecule has 0 spiro atoms. The van der Waals surface area contributed by atoms with Gasteiger partial charge in [0.1, 0.15) is 0 Å². The van der Waals surface area contributed by atoms with E-state index in [-0.39, 0.29) is 23.8 Å². The van der Waals surface area contributed by atoms with Gasteiger partial charge in [-0.25, -0.2) is 13.6 Å². The summed E-state index contributed by atoms with van der Waals surface area (Å²) < 4.78 is 35.6. The van der Waals surface area contributed by atoms with Gasteiger partial charge in [0, 0.05) is 5.56 Å². The molecule has 0 saturated carbocycles. The van der Waals surface area contributed by atoms with Crippen molar-refractivity contribution in [2.75, 3.05) is 7.11 Å². The number of halogens is 2. The van der Waals surface area contributed by atoms with E-state index in [9.17, 15) is 13.6 Å². The summed E-state index contributed by atoms with van der Waals surface area (Å²) >= 11 is 0. The van der Waals surface area contributed by atoms with E-state index in [1.165, 1.54) is 19.2 Å². The average molecular weight is 254 g/mol. The molecule has 0 unspecified atom stereocenters. The van der Waals surface area contributed by atoms with E-state index in [1.807, 2.05) is 0 Å². The van der Waals surface area contributed by atoms with E-state index < -0.39 is 17.6 Å². The first kappa shape index (κ1) is 12.2. The van der Waals surface area contributed by atoms with Crippen LogP contribution < -0.4 is 0 Å².